The molecule has 17 heavy (non-hydrogen) atoms. The number of carbonyl (C=O) groups is 3. The molecule has 0 heterocycles. The van der Waals surface area contributed by atoms with Gasteiger partial charge in [0.1, 0.15) is 0 Å². The van der Waals surface area contributed by atoms with E-state index in [0.717, 1.165) is 0 Å². The van der Waals surface area contributed by atoms with Gasteiger partial charge in [0, 0.05) is 17.1 Å². The van der Waals surface area contributed by atoms with E-state index in [1.165, 1.54) is 0 Å². The monoisotopic (exact) mass is 313 g/mol. The molecule has 0 rings (SSSR count). The molecule has 0 spiro atoms. The minimum atomic E-state index is -2.74. The van der Waals surface area contributed by atoms with Crippen molar-refractivity contribution in [2.24, 2.45) is 0 Å². The molecule has 0 saturated carbocycles. The molecule has 0 atom stereocenters. The molecule has 0 aliphatic rings. The zero-order valence-electron chi connectivity index (χ0n) is 7.49. The third-order valence-electron chi connectivity index (χ3n) is 1.29. The summed E-state index contributed by atoms with van der Waals surface area (Å²) in [5.74, 6) is -5.02. The molecule has 0 radical (unpaired) electrons. The summed E-state index contributed by atoms with van der Waals surface area (Å²) in [7, 11) is 0. The van der Waals surface area contributed by atoms with Gasteiger partial charge >= 0.3 is 77.0 Å². The molecule has 11 heteroatoms. The topological polar surface area (TPSA) is 167 Å². The predicted octanol–water partition coefficient (Wildman–Crippen LogP) is -2.39. The Morgan fingerprint density at radius 2 is 1.12 bits per heavy atom. The van der Waals surface area contributed by atoms with Gasteiger partial charge in [0.15, 0.2) is 5.60 Å². The summed E-state index contributed by atoms with van der Waals surface area (Å²) in [6, 6.07) is 0. The van der Waals surface area contributed by atoms with Gasteiger partial charge in [-0.2, -0.15) is 0 Å². The maximum atomic E-state index is 10.3. The molecule has 0 aliphatic heterocycles. The zero-order chi connectivity index (χ0) is 10.6. The van der Waals surface area contributed by atoms with Crippen LogP contribution in [0.15, 0.2) is 0 Å². The second-order valence-electron chi connectivity index (χ2n) is 2.48. The van der Waals surface area contributed by atoms with Crippen molar-refractivity contribution in [3.05, 3.63) is 0 Å². The molecule has 0 fully saturated rings. The van der Waals surface area contributed by atoms with Gasteiger partial charge in [-0.25, -0.2) is 4.79 Å². The fraction of sp³-hybridized carbons (Fsp3) is 0.500. The second-order valence-corrected chi connectivity index (χ2v) is 2.48. The first-order valence-electron chi connectivity index (χ1n) is 3.17. The Balaban J connectivity index is -0.000000120. The van der Waals surface area contributed by atoms with Crippen LogP contribution in [0.5, 0.6) is 0 Å². The van der Waals surface area contributed by atoms with Crippen LogP contribution in [0.1, 0.15) is 12.8 Å². The summed E-state index contributed by atoms with van der Waals surface area (Å²) in [6.45, 7) is 0. The number of carboxylic acid groups (broad SMARTS) is 3. The van der Waals surface area contributed by atoms with Crippen molar-refractivity contribution in [2.45, 2.75) is 18.4 Å². The van der Waals surface area contributed by atoms with Crippen LogP contribution in [0, 0.1) is 0 Å². The number of rotatable bonds is 5. The molecule has 0 aromatic carbocycles. The van der Waals surface area contributed by atoms with Gasteiger partial charge in [0.05, 0.1) is 12.8 Å². The molecule has 0 aromatic rings. The number of carboxylic acids is 3. The van der Waals surface area contributed by atoms with E-state index < -0.39 is 36.4 Å². The Labute approximate surface area is 152 Å². The van der Waals surface area contributed by atoms with Crippen LogP contribution in [0.4, 0.5) is 0 Å². The van der Waals surface area contributed by atoms with Crippen molar-refractivity contribution in [1.29, 1.82) is 0 Å². The van der Waals surface area contributed by atoms with Crippen molar-refractivity contribution in [3.8, 4) is 0 Å². The molecule has 0 saturated heterocycles. The fourth-order valence-corrected chi connectivity index (χ4v) is 0.714. The molecular weight excluding hydrogens is 300 g/mol. The van der Waals surface area contributed by atoms with Crippen molar-refractivity contribution >= 4 is 77.0 Å². The van der Waals surface area contributed by atoms with Gasteiger partial charge in [-0.1, -0.05) is 0 Å². The Hall–Kier alpha value is 0.849. The van der Waals surface area contributed by atoms with Gasteiger partial charge in [-0.05, 0) is 0 Å². The van der Waals surface area contributed by atoms with Gasteiger partial charge in [-0.3, -0.25) is 9.59 Å². The number of aliphatic carboxylic acids is 3. The Bertz CT molecular complexity index is 247. The van der Waals surface area contributed by atoms with Gasteiger partial charge < -0.3 is 26.6 Å². The predicted molar refractivity (Wildman–Crippen MR) is 56.4 cm³/mol. The van der Waals surface area contributed by atoms with Crippen LogP contribution in [0.3, 0.4) is 0 Å². The molecule has 0 aromatic heterocycles. The van der Waals surface area contributed by atoms with E-state index >= 15 is 0 Å². The second kappa shape index (κ2) is 13.3. The average molecular weight is 313 g/mol. The van der Waals surface area contributed by atoms with Crippen molar-refractivity contribution < 1.29 is 51.9 Å². The summed E-state index contributed by atoms with van der Waals surface area (Å²) in [5, 5.41) is 33.8. The number of aliphatic hydroxyl groups is 1. The van der Waals surface area contributed by atoms with E-state index in [0.29, 0.717) is 0 Å². The van der Waals surface area contributed by atoms with Crippen LogP contribution < -0.4 is 6.15 Å². The number of hydrogen-bond donors (Lipinski definition) is 5. The molecule has 0 amide bonds. The van der Waals surface area contributed by atoms with Gasteiger partial charge in [0.25, 0.3) is 0 Å². The quantitative estimate of drug-likeness (QED) is 0.350. The SMILES string of the molecule is N.O=C(O)CC(O)(CC(=O)O)C(=O)O.[Fe].[NaH].[NaH]. The standard InChI is InChI=1S/C6H8O7.Fe.H3N.2Na.2H/c7-3(8)1-6(13,5(11)12)2-4(9)10;;;;;;/h13H,1-2H2,(H,7,8)(H,9,10)(H,11,12);;1H3;;;;. The molecule has 94 valence electrons. The summed E-state index contributed by atoms with van der Waals surface area (Å²) in [5.41, 5.74) is -2.74. The van der Waals surface area contributed by atoms with Crippen LogP contribution in [-0.2, 0) is 31.5 Å². The normalized spacial score (nSPS) is 8.29. The first kappa shape index (κ1) is 30.7. The Morgan fingerprint density at radius 1 is 0.882 bits per heavy atom. The first-order chi connectivity index (χ1) is 5.78. The van der Waals surface area contributed by atoms with E-state index in [4.69, 9.17) is 20.4 Å². The van der Waals surface area contributed by atoms with Crippen molar-refractivity contribution in [3.63, 3.8) is 0 Å². The molecule has 0 aliphatic carbocycles. The average Bonchev–Trinajstić information content (AvgIpc) is 1.82. The zero-order valence-corrected chi connectivity index (χ0v) is 8.59. The molecule has 0 bridgehead atoms. The Morgan fingerprint density at radius 3 is 1.24 bits per heavy atom. The molecule has 8 nitrogen and oxygen atoms in total. The first-order valence-corrected chi connectivity index (χ1v) is 3.17. The van der Waals surface area contributed by atoms with E-state index in [-0.39, 0.29) is 82.3 Å². The van der Waals surface area contributed by atoms with Crippen molar-refractivity contribution in [2.75, 3.05) is 0 Å². The summed E-state index contributed by atoms with van der Waals surface area (Å²) >= 11 is 0. The fourth-order valence-electron chi connectivity index (χ4n) is 0.714. The summed E-state index contributed by atoms with van der Waals surface area (Å²) in [6.07, 6.45) is -2.29. The third kappa shape index (κ3) is 13.1. The summed E-state index contributed by atoms with van der Waals surface area (Å²) < 4.78 is 0. The third-order valence-corrected chi connectivity index (χ3v) is 1.29. The van der Waals surface area contributed by atoms with Crippen LogP contribution in [0.2, 0.25) is 0 Å². The van der Waals surface area contributed by atoms with E-state index in [1.807, 2.05) is 0 Å². The van der Waals surface area contributed by atoms with E-state index in [9.17, 15) is 14.4 Å². The van der Waals surface area contributed by atoms with E-state index in [1.54, 1.807) is 0 Å². The minimum absolute atomic E-state index is 0. The van der Waals surface area contributed by atoms with Crippen LogP contribution >= 0.6 is 0 Å². The van der Waals surface area contributed by atoms with Gasteiger partial charge in [0.2, 0.25) is 0 Å². The van der Waals surface area contributed by atoms with Crippen molar-refractivity contribution in [1.82, 2.24) is 6.15 Å². The van der Waals surface area contributed by atoms with Gasteiger partial charge in [-0.15, -0.1) is 0 Å². The Kier molecular flexibility index (Phi) is 24.0. The van der Waals surface area contributed by atoms with Crippen LogP contribution in [-0.4, -0.2) is 103 Å². The summed E-state index contributed by atoms with van der Waals surface area (Å²) in [4.78, 5) is 30.5. The van der Waals surface area contributed by atoms with Crippen LogP contribution in [0.25, 0.3) is 0 Å². The molecule has 7 N–H and O–H groups in total. The molecule has 0 unspecified atom stereocenters. The maximum absolute atomic E-state index is 10.3. The van der Waals surface area contributed by atoms with E-state index in [2.05, 4.69) is 0 Å². The number of hydrogen-bond acceptors (Lipinski definition) is 5. The molecular formula is C6H13FeNNa2O7.